The Balaban J connectivity index is 0.966. The third kappa shape index (κ3) is 6.22. The fraction of sp³-hybridized carbons (Fsp3) is 0.0690. The summed E-state index contributed by atoms with van der Waals surface area (Å²) < 4.78 is 4.83. The van der Waals surface area contributed by atoms with Crippen molar-refractivity contribution >= 4 is 44.4 Å². The van der Waals surface area contributed by atoms with E-state index in [1.54, 1.807) is 0 Å². The molecule has 12 rings (SSSR count). The molecule has 2 aliphatic carbocycles. The Morgan fingerprint density at radius 3 is 1.81 bits per heavy atom. The standard InChI is InChI=1S/C58H42N4/c1-2-15-39(16-3-1)40-31-33-41(34-32-40)52-38-53(60-58(59-52)45-20-14-22-47(37-45)62-56-29-10-6-25-50(56)51-26-7-11-30-57(51)62)44-19-12-17-42(35-44)43-18-13-21-46(36-43)61-54-27-8-4-23-48(54)49-24-5-9-28-55(49)61/h1-8,10-18,20-27,29-38,44H,9,19,28H2. The van der Waals surface area contributed by atoms with E-state index in [1.807, 2.05) is 0 Å². The van der Waals surface area contributed by atoms with Gasteiger partial charge in [0.1, 0.15) is 0 Å². The molecule has 62 heavy (non-hydrogen) atoms. The van der Waals surface area contributed by atoms with Crippen LogP contribution in [0.1, 0.15) is 41.3 Å². The van der Waals surface area contributed by atoms with Gasteiger partial charge in [0.05, 0.1) is 27.9 Å². The van der Waals surface area contributed by atoms with Crippen LogP contribution in [0.25, 0.3) is 89.5 Å². The lowest BCUT2D eigenvalue weighted by molar-refractivity contribution is 0.814. The van der Waals surface area contributed by atoms with Crippen molar-refractivity contribution in [2.45, 2.75) is 25.2 Å². The van der Waals surface area contributed by atoms with Crippen LogP contribution >= 0.6 is 0 Å². The molecule has 3 aromatic heterocycles. The highest BCUT2D eigenvalue weighted by Crippen LogP contribution is 2.38. The predicted molar refractivity (Wildman–Crippen MR) is 258 cm³/mol. The topological polar surface area (TPSA) is 35.6 Å². The quantitative estimate of drug-likeness (QED) is 0.161. The summed E-state index contributed by atoms with van der Waals surface area (Å²) in [5, 5.41) is 3.79. The fourth-order valence-corrected chi connectivity index (χ4v) is 9.75. The van der Waals surface area contributed by atoms with Crippen LogP contribution in [-0.4, -0.2) is 19.1 Å². The van der Waals surface area contributed by atoms with E-state index in [-0.39, 0.29) is 5.92 Å². The highest BCUT2D eigenvalue weighted by molar-refractivity contribution is 6.09. The van der Waals surface area contributed by atoms with Gasteiger partial charge in [-0.3, -0.25) is 0 Å². The minimum absolute atomic E-state index is 0.0635. The fourth-order valence-electron chi connectivity index (χ4n) is 9.75. The van der Waals surface area contributed by atoms with Gasteiger partial charge in [-0.1, -0.05) is 164 Å². The summed E-state index contributed by atoms with van der Waals surface area (Å²) in [4.78, 5) is 10.8. The van der Waals surface area contributed by atoms with E-state index < -0.39 is 0 Å². The van der Waals surface area contributed by atoms with E-state index in [0.29, 0.717) is 0 Å². The van der Waals surface area contributed by atoms with Crippen LogP contribution < -0.4 is 0 Å². The maximum absolute atomic E-state index is 5.42. The summed E-state index contributed by atoms with van der Waals surface area (Å²) in [6.45, 7) is 0. The Morgan fingerprint density at radius 1 is 0.452 bits per heavy atom. The molecular formula is C58H42N4. The lowest BCUT2D eigenvalue weighted by Crippen LogP contribution is -2.06. The van der Waals surface area contributed by atoms with Gasteiger partial charge in [-0.25, -0.2) is 9.97 Å². The number of aromatic nitrogens is 4. The first-order chi connectivity index (χ1) is 30.7. The van der Waals surface area contributed by atoms with E-state index in [2.05, 4.69) is 222 Å². The van der Waals surface area contributed by atoms with Gasteiger partial charge < -0.3 is 9.13 Å². The zero-order valence-corrected chi connectivity index (χ0v) is 34.2. The van der Waals surface area contributed by atoms with E-state index in [1.165, 1.54) is 71.9 Å². The summed E-state index contributed by atoms with van der Waals surface area (Å²) in [6, 6.07) is 65.4. The minimum atomic E-state index is 0.0635. The van der Waals surface area contributed by atoms with Gasteiger partial charge in [0.25, 0.3) is 0 Å². The molecule has 0 saturated heterocycles. The minimum Gasteiger partial charge on any atom is -0.313 e. The number of benzene rings is 7. The molecule has 1 atom stereocenters. The largest absolute Gasteiger partial charge is 0.313 e. The molecule has 294 valence electrons. The van der Waals surface area contributed by atoms with Crippen molar-refractivity contribution < 1.29 is 0 Å². The Morgan fingerprint density at radius 2 is 1.05 bits per heavy atom. The summed E-state index contributed by atoms with van der Waals surface area (Å²) in [5.41, 5.74) is 17.4. The zero-order valence-electron chi connectivity index (χ0n) is 34.2. The Kier molecular flexibility index (Phi) is 8.74. The Hall–Kier alpha value is -7.82. The molecule has 0 fully saturated rings. The van der Waals surface area contributed by atoms with Gasteiger partial charge in [-0.15, -0.1) is 0 Å². The molecule has 4 heteroatoms. The Bertz CT molecular complexity index is 3380. The van der Waals surface area contributed by atoms with Crippen LogP contribution in [-0.2, 0) is 6.42 Å². The predicted octanol–water partition coefficient (Wildman–Crippen LogP) is 14.6. The molecule has 10 aromatic rings. The first-order valence-corrected chi connectivity index (χ1v) is 21.7. The maximum atomic E-state index is 5.42. The molecule has 0 aliphatic heterocycles. The van der Waals surface area contributed by atoms with Crippen molar-refractivity contribution in [3.05, 3.63) is 229 Å². The van der Waals surface area contributed by atoms with Crippen molar-refractivity contribution in [2.75, 3.05) is 0 Å². The smallest absolute Gasteiger partial charge is 0.160 e. The van der Waals surface area contributed by atoms with Gasteiger partial charge in [0.2, 0.25) is 0 Å². The number of nitrogens with zero attached hydrogens (tertiary/aromatic N) is 4. The third-order valence-electron chi connectivity index (χ3n) is 12.7. The normalized spacial score (nSPS) is 14.7. The number of allylic oxidation sites excluding steroid dienone is 5. The molecule has 0 spiro atoms. The lowest BCUT2D eigenvalue weighted by atomic mass is 9.89. The monoisotopic (exact) mass is 794 g/mol. The molecule has 0 bridgehead atoms. The molecule has 0 radical (unpaired) electrons. The Labute approximate surface area is 361 Å². The summed E-state index contributed by atoms with van der Waals surface area (Å²) >= 11 is 0. The van der Waals surface area contributed by atoms with Crippen LogP contribution in [0.4, 0.5) is 0 Å². The number of hydrogen-bond acceptors (Lipinski definition) is 2. The van der Waals surface area contributed by atoms with Crippen molar-refractivity contribution in [1.29, 1.82) is 0 Å². The van der Waals surface area contributed by atoms with Crippen molar-refractivity contribution in [3.8, 4) is 45.1 Å². The summed E-state index contributed by atoms with van der Waals surface area (Å²) in [6.07, 6.45) is 14.6. The first-order valence-electron chi connectivity index (χ1n) is 21.7. The van der Waals surface area contributed by atoms with E-state index >= 15 is 0 Å². The maximum Gasteiger partial charge on any atom is 0.160 e. The molecule has 2 aliphatic rings. The van der Waals surface area contributed by atoms with Crippen LogP contribution in [0, 0.1) is 0 Å². The molecule has 1 unspecified atom stereocenters. The summed E-state index contributed by atoms with van der Waals surface area (Å²) in [7, 11) is 0. The van der Waals surface area contributed by atoms with Crippen molar-refractivity contribution in [2.24, 2.45) is 0 Å². The number of fused-ring (bicyclic) bond motifs is 6. The van der Waals surface area contributed by atoms with E-state index in [9.17, 15) is 0 Å². The van der Waals surface area contributed by atoms with Gasteiger partial charge in [0, 0.05) is 55.8 Å². The lowest BCUT2D eigenvalue weighted by Gasteiger charge is -2.20. The zero-order chi connectivity index (χ0) is 41.0. The van der Waals surface area contributed by atoms with Gasteiger partial charge in [-0.05, 0) is 90.1 Å². The highest BCUT2D eigenvalue weighted by atomic mass is 15.0. The van der Waals surface area contributed by atoms with Crippen LogP contribution in [0.15, 0.2) is 206 Å². The molecule has 0 amide bonds. The number of rotatable bonds is 7. The second-order valence-electron chi connectivity index (χ2n) is 16.4. The third-order valence-corrected chi connectivity index (χ3v) is 12.7. The average molecular weight is 795 g/mol. The highest BCUT2D eigenvalue weighted by Gasteiger charge is 2.22. The van der Waals surface area contributed by atoms with Gasteiger partial charge in [-0.2, -0.15) is 0 Å². The van der Waals surface area contributed by atoms with Crippen molar-refractivity contribution in [1.82, 2.24) is 19.1 Å². The van der Waals surface area contributed by atoms with Crippen molar-refractivity contribution in [3.63, 3.8) is 0 Å². The molecule has 3 heterocycles. The summed E-state index contributed by atoms with van der Waals surface area (Å²) in [5.74, 6) is 0.783. The average Bonchev–Trinajstić information content (AvgIpc) is 3.87. The van der Waals surface area contributed by atoms with Gasteiger partial charge in [0.15, 0.2) is 5.82 Å². The number of para-hydroxylation sites is 3. The first kappa shape index (κ1) is 36.1. The van der Waals surface area contributed by atoms with E-state index in [4.69, 9.17) is 9.97 Å². The molecule has 0 saturated carbocycles. The second kappa shape index (κ2) is 15.0. The SMILES string of the molecule is C1=Cc2c(n(-c3cccc(C4=CC(c5cc(-c6ccc(-c7ccccc7)cc6)nc(-c6cccc(-n7c8ccccc8c8ccccc87)c6)n5)CC=C4)c3)c3ccccc23)CC1. The molecule has 4 nitrogen and oxygen atoms in total. The second-order valence-corrected chi connectivity index (χ2v) is 16.4. The van der Waals surface area contributed by atoms with Crippen LogP contribution in [0.2, 0.25) is 0 Å². The molecule has 0 N–H and O–H groups in total. The molecule has 7 aromatic carbocycles. The van der Waals surface area contributed by atoms with Crippen LogP contribution in [0.5, 0.6) is 0 Å². The molecular weight excluding hydrogens is 753 g/mol. The van der Waals surface area contributed by atoms with Crippen LogP contribution in [0.3, 0.4) is 0 Å². The number of hydrogen-bond donors (Lipinski definition) is 0. The van der Waals surface area contributed by atoms with Gasteiger partial charge >= 0.3 is 0 Å². The van der Waals surface area contributed by atoms with E-state index in [0.717, 1.165) is 53.3 Å².